The van der Waals surface area contributed by atoms with Crippen LogP contribution in [0.1, 0.15) is 15.9 Å². The number of methoxy groups -OCH3 is 3. The van der Waals surface area contributed by atoms with Gasteiger partial charge in [-0.3, -0.25) is 4.79 Å². The molecule has 9 heteroatoms. The van der Waals surface area contributed by atoms with Gasteiger partial charge in [-0.1, -0.05) is 12.1 Å². The lowest BCUT2D eigenvalue weighted by Crippen LogP contribution is -2.26. The SMILES string of the molecule is COc1cc(Nc2cc(F)ccc2C(=O)NCCc2c[nH]c3c(Br)cccc23)cc(OC)c1OC. The van der Waals surface area contributed by atoms with Crippen LogP contribution in [0, 0.1) is 5.82 Å². The summed E-state index contributed by atoms with van der Waals surface area (Å²) in [6, 6.07) is 13.3. The van der Waals surface area contributed by atoms with Crippen LogP contribution >= 0.6 is 15.9 Å². The predicted octanol–water partition coefficient (Wildman–Crippen LogP) is 5.81. The van der Waals surface area contributed by atoms with E-state index in [1.165, 1.54) is 39.5 Å². The Balaban J connectivity index is 1.52. The van der Waals surface area contributed by atoms with Crippen molar-refractivity contribution in [3.05, 3.63) is 76.1 Å². The van der Waals surface area contributed by atoms with Gasteiger partial charge < -0.3 is 29.8 Å². The number of benzene rings is 3. The number of ether oxygens (including phenoxy) is 3. The zero-order chi connectivity index (χ0) is 24.9. The molecule has 1 heterocycles. The summed E-state index contributed by atoms with van der Waals surface area (Å²) in [5.74, 6) is 0.508. The van der Waals surface area contributed by atoms with Crippen molar-refractivity contribution in [3.63, 3.8) is 0 Å². The first-order chi connectivity index (χ1) is 16.9. The lowest BCUT2D eigenvalue weighted by Gasteiger charge is -2.17. The van der Waals surface area contributed by atoms with E-state index in [2.05, 4.69) is 31.5 Å². The maximum absolute atomic E-state index is 14.1. The van der Waals surface area contributed by atoms with Crippen molar-refractivity contribution in [3.8, 4) is 17.2 Å². The molecule has 0 spiro atoms. The molecule has 4 aromatic rings. The lowest BCUT2D eigenvalue weighted by molar-refractivity contribution is 0.0955. The Morgan fingerprint density at radius 1 is 1.03 bits per heavy atom. The van der Waals surface area contributed by atoms with Gasteiger partial charge in [0.2, 0.25) is 5.75 Å². The fourth-order valence-corrected chi connectivity index (χ4v) is 4.40. The van der Waals surface area contributed by atoms with Crippen LogP contribution in [0.15, 0.2) is 59.2 Å². The number of carbonyl (C=O) groups excluding carboxylic acids is 1. The first-order valence-corrected chi connectivity index (χ1v) is 11.6. The Labute approximate surface area is 210 Å². The molecule has 0 aliphatic heterocycles. The topological polar surface area (TPSA) is 84.6 Å². The Kier molecular flexibility index (Phi) is 7.45. The average molecular weight is 542 g/mol. The summed E-state index contributed by atoms with van der Waals surface area (Å²) in [5.41, 5.74) is 3.28. The normalized spacial score (nSPS) is 10.8. The molecule has 0 atom stereocenters. The number of aromatic amines is 1. The Hall–Kier alpha value is -3.72. The second-order valence-corrected chi connectivity index (χ2v) is 8.57. The average Bonchev–Trinajstić information content (AvgIpc) is 3.27. The molecular weight excluding hydrogens is 517 g/mol. The summed E-state index contributed by atoms with van der Waals surface area (Å²) < 4.78 is 31.2. The number of rotatable bonds is 9. The lowest BCUT2D eigenvalue weighted by atomic mass is 10.1. The summed E-state index contributed by atoms with van der Waals surface area (Å²) in [6.45, 7) is 0.416. The highest BCUT2D eigenvalue weighted by Crippen LogP contribution is 2.41. The van der Waals surface area contributed by atoms with Gasteiger partial charge in [0, 0.05) is 40.4 Å². The minimum Gasteiger partial charge on any atom is -0.493 e. The van der Waals surface area contributed by atoms with E-state index in [4.69, 9.17) is 14.2 Å². The molecule has 182 valence electrons. The number of H-pyrrole nitrogens is 1. The number of para-hydroxylation sites is 1. The molecule has 3 aromatic carbocycles. The number of hydrogen-bond donors (Lipinski definition) is 3. The standard InChI is InChI=1S/C26H25BrFN3O4/c1-33-22-12-17(13-23(34-2)25(22)35-3)31-21-11-16(28)7-8-19(21)26(32)29-10-9-15-14-30-24-18(15)5-4-6-20(24)27/h4-8,11-14,30-31H,9-10H2,1-3H3,(H,29,32). The van der Waals surface area contributed by atoms with Gasteiger partial charge in [0.05, 0.1) is 38.1 Å². The van der Waals surface area contributed by atoms with Crippen LogP contribution in [-0.2, 0) is 6.42 Å². The van der Waals surface area contributed by atoms with E-state index < -0.39 is 5.82 Å². The van der Waals surface area contributed by atoms with Crippen molar-refractivity contribution in [1.82, 2.24) is 10.3 Å². The number of nitrogens with one attached hydrogen (secondary N) is 3. The maximum atomic E-state index is 14.1. The van der Waals surface area contributed by atoms with E-state index in [0.717, 1.165) is 20.9 Å². The monoisotopic (exact) mass is 541 g/mol. The number of fused-ring (bicyclic) bond motifs is 1. The molecule has 0 saturated carbocycles. The molecule has 0 aliphatic rings. The van der Waals surface area contributed by atoms with Gasteiger partial charge in [-0.15, -0.1) is 0 Å². The highest BCUT2D eigenvalue weighted by molar-refractivity contribution is 9.10. The van der Waals surface area contributed by atoms with E-state index in [1.54, 1.807) is 12.1 Å². The molecule has 35 heavy (non-hydrogen) atoms. The van der Waals surface area contributed by atoms with Gasteiger partial charge in [0.15, 0.2) is 11.5 Å². The van der Waals surface area contributed by atoms with Crippen molar-refractivity contribution in [1.29, 1.82) is 0 Å². The van der Waals surface area contributed by atoms with Crippen molar-refractivity contribution < 1.29 is 23.4 Å². The molecule has 0 radical (unpaired) electrons. The number of amides is 1. The van der Waals surface area contributed by atoms with Gasteiger partial charge in [0.1, 0.15) is 5.82 Å². The van der Waals surface area contributed by atoms with Crippen LogP contribution in [0.3, 0.4) is 0 Å². The Morgan fingerprint density at radius 3 is 2.46 bits per heavy atom. The summed E-state index contributed by atoms with van der Waals surface area (Å²) in [7, 11) is 4.53. The molecule has 4 rings (SSSR count). The number of anilines is 2. The smallest absolute Gasteiger partial charge is 0.253 e. The first kappa shape index (κ1) is 24.4. The van der Waals surface area contributed by atoms with Crippen LogP contribution < -0.4 is 24.8 Å². The molecule has 0 aliphatic carbocycles. The molecule has 0 unspecified atom stereocenters. The summed E-state index contributed by atoms with van der Waals surface area (Å²) in [5, 5.41) is 7.13. The molecule has 0 saturated heterocycles. The predicted molar refractivity (Wildman–Crippen MR) is 138 cm³/mol. The number of hydrogen-bond acceptors (Lipinski definition) is 5. The van der Waals surface area contributed by atoms with Crippen LogP contribution in [0.5, 0.6) is 17.2 Å². The molecule has 1 aromatic heterocycles. The van der Waals surface area contributed by atoms with Crippen LogP contribution in [-0.4, -0.2) is 38.8 Å². The Bertz CT molecular complexity index is 1350. The van der Waals surface area contributed by atoms with Gasteiger partial charge >= 0.3 is 0 Å². The largest absolute Gasteiger partial charge is 0.493 e. The van der Waals surface area contributed by atoms with E-state index in [0.29, 0.717) is 47.2 Å². The van der Waals surface area contributed by atoms with Crippen LogP contribution in [0.25, 0.3) is 10.9 Å². The van der Waals surface area contributed by atoms with E-state index in [-0.39, 0.29) is 5.91 Å². The zero-order valence-electron chi connectivity index (χ0n) is 19.5. The quantitative estimate of drug-likeness (QED) is 0.249. The maximum Gasteiger partial charge on any atom is 0.253 e. The van der Waals surface area contributed by atoms with Crippen molar-refractivity contribution in [2.45, 2.75) is 6.42 Å². The zero-order valence-corrected chi connectivity index (χ0v) is 21.1. The summed E-state index contributed by atoms with van der Waals surface area (Å²) >= 11 is 3.54. The van der Waals surface area contributed by atoms with Gasteiger partial charge in [0.25, 0.3) is 5.91 Å². The van der Waals surface area contributed by atoms with Gasteiger partial charge in [-0.05, 0) is 52.2 Å². The number of carbonyl (C=O) groups is 1. The molecule has 0 bridgehead atoms. The molecule has 3 N–H and O–H groups in total. The van der Waals surface area contributed by atoms with Crippen molar-refractivity contribution >= 4 is 44.1 Å². The minimum atomic E-state index is -0.471. The molecular formula is C26H25BrFN3O4. The summed E-state index contributed by atoms with van der Waals surface area (Å²) in [6.07, 6.45) is 2.58. The van der Waals surface area contributed by atoms with Crippen molar-refractivity contribution in [2.24, 2.45) is 0 Å². The third kappa shape index (κ3) is 5.19. The fourth-order valence-electron chi connectivity index (χ4n) is 3.91. The minimum absolute atomic E-state index is 0.307. The van der Waals surface area contributed by atoms with Gasteiger partial charge in [-0.2, -0.15) is 0 Å². The molecule has 7 nitrogen and oxygen atoms in total. The second-order valence-electron chi connectivity index (χ2n) is 7.71. The second kappa shape index (κ2) is 10.7. The van der Waals surface area contributed by atoms with Gasteiger partial charge in [-0.25, -0.2) is 4.39 Å². The Morgan fingerprint density at radius 2 is 1.77 bits per heavy atom. The fraction of sp³-hybridized carbons (Fsp3) is 0.192. The number of halogens is 2. The van der Waals surface area contributed by atoms with E-state index in [9.17, 15) is 9.18 Å². The van der Waals surface area contributed by atoms with Crippen LogP contribution in [0.4, 0.5) is 15.8 Å². The molecule has 0 fully saturated rings. The van der Waals surface area contributed by atoms with E-state index in [1.807, 2.05) is 24.4 Å². The highest BCUT2D eigenvalue weighted by atomic mass is 79.9. The third-order valence-corrected chi connectivity index (χ3v) is 6.26. The molecule has 1 amide bonds. The first-order valence-electron chi connectivity index (χ1n) is 10.8. The van der Waals surface area contributed by atoms with Crippen molar-refractivity contribution in [2.75, 3.05) is 33.2 Å². The summed E-state index contributed by atoms with van der Waals surface area (Å²) in [4.78, 5) is 16.3. The van der Waals surface area contributed by atoms with E-state index >= 15 is 0 Å². The third-order valence-electron chi connectivity index (χ3n) is 5.60. The highest BCUT2D eigenvalue weighted by Gasteiger charge is 2.17. The number of aromatic nitrogens is 1. The van der Waals surface area contributed by atoms with Crippen LogP contribution in [0.2, 0.25) is 0 Å².